The zero-order valence-corrected chi connectivity index (χ0v) is 14.9. The SMILES string of the molecule is CC(=O)N1CCc2cc(NC(=O)/C=C/c3ccc(Br)s3)ccc21. The molecular weight excluding hydrogens is 376 g/mol. The van der Waals surface area contributed by atoms with Gasteiger partial charge in [-0.1, -0.05) is 0 Å². The lowest BCUT2D eigenvalue weighted by molar-refractivity contribution is -0.116. The number of carbonyl (C=O) groups excluding carboxylic acids is 2. The first-order valence-corrected chi connectivity index (χ1v) is 8.79. The average Bonchev–Trinajstić information content (AvgIpc) is 3.10. The summed E-state index contributed by atoms with van der Waals surface area (Å²) in [6, 6.07) is 9.55. The molecule has 4 nitrogen and oxygen atoms in total. The van der Waals surface area contributed by atoms with E-state index in [1.54, 1.807) is 29.2 Å². The van der Waals surface area contributed by atoms with Crippen LogP contribution in [0.15, 0.2) is 40.2 Å². The molecule has 6 heteroatoms. The van der Waals surface area contributed by atoms with Gasteiger partial charge in [0.2, 0.25) is 11.8 Å². The first-order valence-electron chi connectivity index (χ1n) is 7.18. The Kier molecular flexibility index (Phi) is 4.63. The molecule has 0 atom stereocenters. The van der Waals surface area contributed by atoms with Gasteiger partial charge in [-0.25, -0.2) is 0 Å². The van der Waals surface area contributed by atoms with Gasteiger partial charge >= 0.3 is 0 Å². The lowest BCUT2D eigenvalue weighted by Crippen LogP contribution is -2.25. The molecule has 2 heterocycles. The number of nitrogens with zero attached hydrogens (tertiary/aromatic N) is 1. The number of benzene rings is 1. The third-order valence-corrected chi connectivity index (χ3v) is 5.20. The van der Waals surface area contributed by atoms with Gasteiger partial charge in [-0.2, -0.15) is 0 Å². The molecule has 1 aliphatic heterocycles. The third kappa shape index (κ3) is 3.71. The van der Waals surface area contributed by atoms with E-state index in [1.807, 2.05) is 30.3 Å². The van der Waals surface area contributed by atoms with E-state index in [-0.39, 0.29) is 11.8 Å². The van der Waals surface area contributed by atoms with Crippen molar-refractivity contribution in [3.05, 3.63) is 50.6 Å². The van der Waals surface area contributed by atoms with Gasteiger partial charge in [-0.05, 0) is 64.3 Å². The van der Waals surface area contributed by atoms with Crippen molar-refractivity contribution < 1.29 is 9.59 Å². The number of anilines is 2. The number of hydrogen-bond acceptors (Lipinski definition) is 3. The minimum Gasteiger partial charge on any atom is -0.323 e. The van der Waals surface area contributed by atoms with Crippen molar-refractivity contribution in [2.45, 2.75) is 13.3 Å². The Morgan fingerprint density at radius 3 is 2.83 bits per heavy atom. The Balaban J connectivity index is 1.68. The molecule has 0 unspecified atom stereocenters. The Hall–Kier alpha value is -1.92. The number of carbonyl (C=O) groups is 2. The molecule has 2 aromatic rings. The van der Waals surface area contributed by atoms with Crippen molar-refractivity contribution in [2.24, 2.45) is 0 Å². The van der Waals surface area contributed by atoms with E-state index in [4.69, 9.17) is 0 Å². The second kappa shape index (κ2) is 6.68. The molecule has 0 spiro atoms. The monoisotopic (exact) mass is 390 g/mol. The van der Waals surface area contributed by atoms with Gasteiger partial charge in [0.15, 0.2) is 0 Å². The lowest BCUT2D eigenvalue weighted by atomic mass is 10.1. The summed E-state index contributed by atoms with van der Waals surface area (Å²) >= 11 is 4.96. The maximum absolute atomic E-state index is 12.0. The fourth-order valence-electron chi connectivity index (χ4n) is 2.57. The van der Waals surface area contributed by atoms with Crippen molar-refractivity contribution in [3.8, 4) is 0 Å². The third-order valence-electron chi connectivity index (χ3n) is 3.62. The zero-order chi connectivity index (χ0) is 16.4. The molecule has 118 valence electrons. The van der Waals surface area contributed by atoms with Crippen LogP contribution < -0.4 is 10.2 Å². The molecule has 2 amide bonds. The second-order valence-corrected chi connectivity index (χ2v) is 7.72. The topological polar surface area (TPSA) is 49.4 Å². The number of fused-ring (bicyclic) bond motifs is 1. The van der Waals surface area contributed by atoms with Crippen LogP contribution in [0.3, 0.4) is 0 Å². The highest BCUT2D eigenvalue weighted by Gasteiger charge is 2.22. The zero-order valence-electron chi connectivity index (χ0n) is 12.5. The fourth-order valence-corrected chi connectivity index (χ4v) is 3.89. The van der Waals surface area contributed by atoms with Crippen LogP contribution in [0.25, 0.3) is 6.08 Å². The molecule has 0 fully saturated rings. The summed E-state index contributed by atoms with van der Waals surface area (Å²) in [5, 5.41) is 2.86. The number of halogens is 1. The van der Waals surface area contributed by atoms with Gasteiger partial charge in [-0.3, -0.25) is 9.59 Å². The van der Waals surface area contributed by atoms with Crippen LogP contribution in [-0.4, -0.2) is 18.4 Å². The predicted molar refractivity (Wildman–Crippen MR) is 97.9 cm³/mol. The summed E-state index contributed by atoms with van der Waals surface area (Å²) in [5.41, 5.74) is 2.77. The molecule has 1 aliphatic rings. The van der Waals surface area contributed by atoms with E-state index in [0.717, 1.165) is 32.0 Å². The van der Waals surface area contributed by atoms with E-state index in [1.165, 1.54) is 6.08 Å². The highest BCUT2D eigenvalue weighted by molar-refractivity contribution is 9.11. The first-order chi connectivity index (χ1) is 11.0. The molecule has 1 N–H and O–H groups in total. The molecule has 0 aliphatic carbocycles. The van der Waals surface area contributed by atoms with Crippen molar-refractivity contribution >= 4 is 56.5 Å². The largest absolute Gasteiger partial charge is 0.323 e. The highest BCUT2D eigenvalue weighted by Crippen LogP contribution is 2.30. The number of thiophene rings is 1. The Bertz CT molecular complexity index is 798. The van der Waals surface area contributed by atoms with E-state index >= 15 is 0 Å². The smallest absolute Gasteiger partial charge is 0.248 e. The summed E-state index contributed by atoms with van der Waals surface area (Å²) in [5.74, 6) is -0.124. The van der Waals surface area contributed by atoms with E-state index < -0.39 is 0 Å². The van der Waals surface area contributed by atoms with Gasteiger partial charge in [0.25, 0.3) is 0 Å². The van der Waals surface area contributed by atoms with Crippen LogP contribution in [-0.2, 0) is 16.0 Å². The molecule has 1 aromatic heterocycles. The summed E-state index contributed by atoms with van der Waals surface area (Å²) in [7, 11) is 0. The van der Waals surface area contributed by atoms with Gasteiger partial charge in [0.1, 0.15) is 0 Å². The predicted octanol–water partition coefficient (Wildman–Crippen LogP) is 4.07. The van der Waals surface area contributed by atoms with Crippen molar-refractivity contribution in [1.82, 2.24) is 0 Å². The number of rotatable bonds is 3. The Morgan fingerprint density at radius 2 is 2.13 bits per heavy atom. The molecule has 0 saturated heterocycles. The summed E-state index contributed by atoms with van der Waals surface area (Å²) in [6.07, 6.45) is 4.13. The van der Waals surface area contributed by atoms with Crippen LogP contribution >= 0.6 is 27.3 Å². The van der Waals surface area contributed by atoms with Crippen molar-refractivity contribution in [2.75, 3.05) is 16.8 Å². The lowest BCUT2D eigenvalue weighted by Gasteiger charge is -2.14. The normalized spacial score (nSPS) is 13.4. The van der Waals surface area contributed by atoms with Crippen molar-refractivity contribution in [3.63, 3.8) is 0 Å². The van der Waals surface area contributed by atoms with Crippen LogP contribution in [0.4, 0.5) is 11.4 Å². The first kappa shape index (κ1) is 16.0. The molecular formula is C17H15BrN2O2S. The minimum atomic E-state index is -0.170. The van der Waals surface area contributed by atoms with E-state index in [9.17, 15) is 9.59 Å². The maximum Gasteiger partial charge on any atom is 0.248 e. The Morgan fingerprint density at radius 1 is 1.30 bits per heavy atom. The van der Waals surface area contributed by atoms with E-state index in [2.05, 4.69) is 21.2 Å². The molecule has 0 bridgehead atoms. The van der Waals surface area contributed by atoms with Gasteiger partial charge in [0, 0.05) is 35.8 Å². The Labute approximate surface area is 146 Å². The van der Waals surface area contributed by atoms with Gasteiger partial charge in [0.05, 0.1) is 3.79 Å². The molecule has 3 rings (SSSR count). The standard InChI is InChI=1S/C17H15BrN2O2S/c1-11(21)20-9-8-12-10-13(2-5-15(12)20)19-17(22)7-4-14-3-6-16(18)23-14/h2-7,10H,8-9H2,1H3,(H,19,22)/b7-4+. The molecule has 1 aromatic carbocycles. The fraction of sp³-hybridized carbons (Fsp3) is 0.176. The second-order valence-electron chi connectivity index (χ2n) is 5.23. The minimum absolute atomic E-state index is 0.0468. The summed E-state index contributed by atoms with van der Waals surface area (Å²) < 4.78 is 1.03. The summed E-state index contributed by atoms with van der Waals surface area (Å²) in [6.45, 7) is 2.27. The quantitative estimate of drug-likeness (QED) is 0.802. The number of amides is 2. The van der Waals surface area contributed by atoms with Crippen molar-refractivity contribution in [1.29, 1.82) is 0 Å². The van der Waals surface area contributed by atoms with Crippen LogP contribution in [0.1, 0.15) is 17.4 Å². The maximum atomic E-state index is 12.0. The number of nitrogens with one attached hydrogen (secondary N) is 1. The van der Waals surface area contributed by atoms with Crippen LogP contribution in [0.2, 0.25) is 0 Å². The molecule has 0 saturated carbocycles. The molecule has 0 radical (unpaired) electrons. The van der Waals surface area contributed by atoms with E-state index in [0.29, 0.717) is 6.54 Å². The van der Waals surface area contributed by atoms with Gasteiger partial charge in [-0.15, -0.1) is 11.3 Å². The van der Waals surface area contributed by atoms with Crippen LogP contribution in [0, 0.1) is 0 Å². The van der Waals surface area contributed by atoms with Gasteiger partial charge < -0.3 is 10.2 Å². The molecule has 23 heavy (non-hydrogen) atoms. The number of hydrogen-bond donors (Lipinski definition) is 1. The summed E-state index contributed by atoms with van der Waals surface area (Å²) in [4.78, 5) is 26.3. The van der Waals surface area contributed by atoms with Crippen LogP contribution in [0.5, 0.6) is 0 Å². The highest BCUT2D eigenvalue weighted by atomic mass is 79.9. The average molecular weight is 391 g/mol.